The molecule has 0 fully saturated rings. The molecule has 0 spiro atoms. The number of phenols is 1. The molecule has 3 N–H and O–H groups in total. The Bertz CT molecular complexity index is 1790. The number of rotatable bonds is 10. The third-order valence-electron chi connectivity index (χ3n) is 6.21. The normalized spacial score (nSPS) is 11.5. The number of halogens is 1. The van der Waals surface area contributed by atoms with E-state index < -0.39 is 10.0 Å². The van der Waals surface area contributed by atoms with Gasteiger partial charge in [-0.25, -0.2) is 18.1 Å². The topological polar surface area (TPSA) is 127 Å². The standard InChI is InChI=1S/C28H26BrN5O5S/c1-38-25-11-10-20(13-26(25)39-2)40(36,37)32-16-19-7-5-6-18(12-19)15-30-27-14-23(21-8-3-4-9-24(21)35)33-28-22(29)17-31-34(27)28/h3-14,17,30,32,35H,15-16H2,1-2H3. The number of aromatic nitrogens is 3. The molecule has 0 aliphatic carbocycles. The van der Waals surface area contributed by atoms with Crippen LogP contribution in [0.5, 0.6) is 17.2 Å². The van der Waals surface area contributed by atoms with Crippen LogP contribution in [0.25, 0.3) is 16.9 Å². The maximum atomic E-state index is 12.9. The molecule has 5 aromatic rings. The second-order valence-electron chi connectivity index (χ2n) is 8.79. The smallest absolute Gasteiger partial charge is 0.241 e. The van der Waals surface area contributed by atoms with Gasteiger partial charge < -0.3 is 19.9 Å². The number of phenolic OH excluding ortho intramolecular Hbond substituents is 1. The molecule has 206 valence electrons. The summed E-state index contributed by atoms with van der Waals surface area (Å²) in [5.41, 5.74) is 3.52. The average Bonchev–Trinajstić information content (AvgIpc) is 3.35. The fraction of sp³-hybridized carbons (Fsp3) is 0.143. The van der Waals surface area contributed by atoms with Gasteiger partial charge in [0.25, 0.3) is 0 Å². The molecule has 5 rings (SSSR count). The van der Waals surface area contributed by atoms with E-state index in [0.717, 1.165) is 15.6 Å². The van der Waals surface area contributed by atoms with E-state index in [1.54, 1.807) is 35.0 Å². The zero-order valence-electron chi connectivity index (χ0n) is 21.6. The number of fused-ring (bicyclic) bond motifs is 1. The van der Waals surface area contributed by atoms with Gasteiger partial charge >= 0.3 is 0 Å². The van der Waals surface area contributed by atoms with Crippen LogP contribution < -0.4 is 19.5 Å². The number of hydrogen-bond acceptors (Lipinski definition) is 8. The number of sulfonamides is 1. The number of benzene rings is 3. The molecule has 0 aliphatic heterocycles. The molecule has 0 unspecified atom stereocenters. The van der Waals surface area contributed by atoms with Gasteiger partial charge in [0, 0.05) is 30.8 Å². The van der Waals surface area contributed by atoms with Crippen molar-refractivity contribution in [2.45, 2.75) is 18.0 Å². The van der Waals surface area contributed by atoms with Crippen LogP contribution in [0.2, 0.25) is 0 Å². The summed E-state index contributed by atoms with van der Waals surface area (Å²) < 4.78 is 41.3. The van der Waals surface area contributed by atoms with Crippen molar-refractivity contribution >= 4 is 37.4 Å². The molecule has 3 aromatic carbocycles. The van der Waals surface area contributed by atoms with Gasteiger partial charge in [0.05, 0.1) is 35.5 Å². The van der Waals surface area contributed by atoms with Gasteiger partial charge in [-0.05, 0) is 51.3 Å². The van der Waals surface area contributed by atoms with Crippen molar-refractivity contribution in [3.63, 3.8) is 0 Å². The summed E-state index contributed by atoms with van der Waals surface area (Å²) in [7, 11) is -0.841. The number of hydrogen-bond donors (Lipinski definition) is 3. The molecular formula is C28H26BrN5O5S. The van der Waals surface area contributed by atoms with E-state index in [2.05, 4.69) is 36.1 Å². The van der Waals surface area contributed by atoms with Gasteiger partial charge in [-0.1, -0.05) is 36.4 Å². The van der Waals surface area contributed by atoms with E-state index in [-0.39, 0.29) is 17.2 Å². The van der Waals surface area contributed by atoms with E-state index in [0.29, 0.717) is 40.8 Å². The van der Waals surface area contributed by atoms with Gasteiger partial charge in [0.1, 0.15) is 11.6 Å². The maximum absolute atomic E-state index is 12.9. The number of nitrogens with one attached hydrogen (secondary N) is 2. The first-order valence-corrected chi connectivity index (χ1v) is 14.4. The highest BCUT2D eigenvalue weighted by Gasteiger charge is 2.17. The number of aromatic hydroxyl groups is 1. The lowest BCUT2D eigenvalue weighted by molar-refractivity contribution is 0.354. The third kappa shape index (κ3) is 5.74. The van der Waals surface area contributed by atoms with Crippen molar-refractivity contribution < 1.29 is 23.0 Å². The van der Waals surface area contributed by atoms with Gasteiger partial charge in [0.2, 0.25) is 10.0 Å². The molecule has 40 heavy (non-hydrogen) atoms. The quantitative estimate of drug-likeness (QED) is 0.199. The van der Waals surface area contributed by atoms with Crippen LogP contribution >= 0.6 is 15.9 Å². The fourth-order valence-electron chi connectivity index (χ4n) is 4.18. The molecule has 0 bridgehead atoms. The van der Waals surface area contributed by atoms with Crippen LogP contribution in [0.4, 0.5) is 5.82 Å². The lowest BCUT2D eigenvalue weighted by atomic mass is 10.1. The van der Waals surface area contributed by atoms with E-state index >= 15 is 0 Å². The van der Waals surface area contributed by atoms with Gasteiger partial charge in [-0.3, -0.25) is 0 Å². The molecule has 0 saturated heterocycles. The second kappa shape index (κ2) is 11.5. The Balaban J connectivity index is 1.33. The Morgan fingerprint density at radius 3 is 2.42 bits per heavy atom. The fourth-order valence-corrected chi connectivity index (χ4v) is 5.56. The van der Waals surface area contributed by atoms with Gasteiger partial charge in [-0.2, -0.15) is 9.61 Å². The lowest BCUT2D eigenvalue weighted by Gasteiger charge is -2.13. The number of nitrogens with zero attached hydrogens (tertiary/aromatic N) is 3. The van der Waals surface area contributed by atoms with Crippen molar-refractivity contribution in [3.8, 4) is 28.5 Å². The van der Waals surface area contributed by atoms with E-state index in [1.165, 1.54) is 26.4 Å². The van der Waals surface area contributed by atoms with Gasteiger partial charge in [0.15, 0.2) is 17.1 Å². The van der Waals surface area contributed by atoms with Crippen molar-refractivity contribution in [3.05, 3.63) is 94.6 Å². The van der Waals surface area contributed by atoms with E-state index in [4.69, 9.17) is 9.47 Å². The van der Waals surface area contributed by atoms with Crippen LogP contribution in [-0.4, -0.2) is 42.3 Å². The predicted molar refractivity (Wildman–Crippen MR) is 155 cm³/mol. The van der Waals surface area contributed by atoms with Crippen LogP contribution in [-0.2, 0) is 23.1 Å². The molecular weight excluding hydrogens is 598 g/mol. The van der Waals surface area contributed by atoms with Crippen molar-refractivity contribution in [1.82, 2.24) is 19.3 Å². The highest BCUT2D eigenvalue weighted by Crippen LogP contribution is 2.32. The molecule has 0 aliphatic rings. The summed E-state index contributed by atoms with van der Waals surface area (Å²) in [4.78, 5) is 4.74. The highest BCUT2D eigenvalue weighted by molar-refractivity contribution is 9.10. The minimum atomic E-state index is -3.79. The minimum absolute atomic E-state index is 0.0790. The predicted octanol–water partition coefficient (Wildman–Crippen LogP) is 4.97. The van der Waals surface area contributed by atoms with Crippen LogP contribution in [0.15, 0.2) is 88.4 Å². The number of methoxy groups -OCH3 is 2. The van der Waals surface area contributed by atoms with Crippen molar-refractivity contribution in [1.29, 1.82) is 0 Å². The summed E-state index contributed by atoms with van der Waals surface area (Å²) >= 11 is 3.49. The first-order chi connectivity index (χ1) is 19.3. The third-order valence-corrected chi connectivity index (χ3v) is 8.16. The Hall–Kier alpha value is -4.13. The Morgan fingerprint density at radius 2 is 1.68 bits per heavy atom. The van der Waals surface area contributed by atoms with Crippen molar-refractivity contribution in [2.24, 2.45) is 0 Å². The minimum Gasteiger partial charge on any atom is -0.507 e. The summed E-state index contributed by atoms with van der Waals surface area (Å²) in [5, 5.41) is 18.2. The molecule has 10 nitrogen and oxygen atoms in total. The van der Waals surface area contributed by atoms with E-state index in [1.807, 2.05) is 36.4 Å². The maximum Gasteiger partial charge on any atom is 0.241 e. The summed E-state index contributed by atoms with van der Waals surface area (Å²) in [6.45, 7) is 0.542. The molecule has 2 heterocycles. The lowest BCUT2D eigenvalue weighted by Crippen LogP contribution is -2.23. The molecule has 0 amide bonds. The van der Waals surface area contributed by atoms with Crippen LogP contribution in [0, 0.1) is 0 Å². The first-order valence-electron chi connectivity index (χ1n) is 12.1. The summed E-state index contributed by atoms with van der Waals surface area (Å²) in [6.07, 6.45) is 1.66. The summed E-state index contributed by atoms with van der Waals surface area (Å²) in [6, 6.07) is 20.9. The monoisotopic (exact) mass is 623 g/mol. The Kier molecular flexibility index (Phi) is 7.92. The Labute approximate surface area is 239 Å². The van der Waals surface area contributed by atoms with Crippen molar-refractivity contribution in [2.75, 3.05) is 19.5 Å². The largest absolute Gasteiger partial charge is 0.507 e. The molecule has 0 radical (unpaired) electrons. The molecule has 2 aromatic heterocycles. The number of ether oxygens (including phenoxy) is 2. The first kappa shape index (κ1) is 27.4. The van der Waals surface area contributed by atoms with Crippen LogP contribution in [0.1, 0.15) is 11.1 Å². The average molecular weight is 625 g/mol. The Morgan fingerprint density at radius 1 is 0.925 bits per heavy atom. The van der Waals surface area contributed by atoms with E-state index in [9.17, 15) is 13.5 Å². The van der Waals surface area contributed by atoms with Crippen LogP contribution in [0.3, 0.4) is 0 Å². The van der Waals surface area contributed by atoms with Gasteiger partial charge in [-0.15, -0.1) is 0 Å². The second-order valence-corrected chi connectivity index (χ2v) is 11.4. The number of para-hydroxylation sites is 1. The highest BCUT2D eigenvalue weighted by atomic mass is 79.9. The molecule has 0 saturated carbocycles. The zero-order chi connectivity index (χ0) is 28.3. The summed E-state index contributed by atoms with van der Waals surface area (Å²) in [5.74, 6) is 1.58. The molecule has 0 atom stereocenters. The zero-order valence-corrected chi connectivity index (χ0v) is 24.0. The SMILES string of the molecule is COc1ccc(S(=O)(=O)NCc2cccc(CNc3cc(-c4ccccc4O)nc4c(Br)cnn34)c2)cc1OC. The molecule has 12 heteroatoms. The number of anilines is 1.